The van der Waals surface area contributed by atoms with E-state index in [1.54, 1.807) is 0 Å². The van der Waals surface area contributed by atoms with Crippen LogP contribution in [0.3, 0.4) is 0 Å². The summed E-state index contributed by atoms with van der Waals surface area (Å²) in [5.41, 5.74) is 3.90. The van der Waals surface area contributed by atoms with Gasteiger partial charge in [0.2, 0.25) is 0 Å². The molecule has 0 saturated carbocycles. The number of hydrogen-bond donors (Lipinski definition) is 3. The van der Waals surface area contributed by atoms with Gasteiger partial charge in [0.1, 0.15) is 5.52 Å². The second-order valence-electron chi connectivity index (χ2n) is 5.53. The van der Waals surface area contributed by atoms with E-state index in [1.165, 1.54) is 0 Å². The summed E-state index contributed by atoms with van der Waals surface area (Å²) in [6.45, 7) is 0. The first kappa shape index (κ1) is 12.2. The third-order valence-electron chi connectivity index (χ3n) is 4.11. The first-order valence-electron chi connectivity index (χ1n) is 7.45. The SMILES string of the molecule is c1ccc2c(c1)nc(Nc1ccc3[nH]ccc3c1)c1n[nH]cc12. The monoisotopic (exact) mass is 299 g/mol. The molecule has 5 aromatic rings. The third-order valence-corrected chi connectivity index (χ3v) is 4.11. The molecule has 0 aliphatic carbocycles. The van der Waals surface area contributed by atoms with E-state index in [-0.39, 0.29) is 0 Å². The molecule has 0 unspecified atom stereocenters. The zero-order valence-corrected chi connectivity index (χ0v) is 12.2. The molecule has 3 heterocycles. The molecule has 0 bridgehead atoms. The Kier molecular flexibility index (Phi) is 2.43. The third kappa shape index (κ3) is 1.87. The summed E-state index contributed by atoms with van der Waals surface area (Å²) in [7, 11) is 0. The number of nitrogens with one attached hydrogen (secondary N) is 3. The fourth-order valence-corrected chi connectivity index (χ4v) is 3.00. The van der Waals surface area contributed by atoms with Crippen LogP contribution >= 0.6 is 0 Å². The number of fused-ring (bicyclic) bond motifs is 4. The van der Waals surface area contributed by atoms with E-state index < -0.39 is 0 Å². The van der Waals surface area contributed by atoms with Crippen LogP contribution in [0.25, 0.3) is 32.7 Å². The van der Waals surface area contributed by atoms with Crippen LogP contribution in [-0.2, 0) is 0 Å². The predicted molar refractivity (Wildman–Crippen MR) is 93.0 cm³/mol. The average Bonchev–Trinajstić information content (AvgIpc) is 3.24. The average molecular weight is 299 g/mol. The molecule has 110 valence electrons. The lowest BCUT2D eigenvalue weighted by atomic mass is 10.1. The molecule has 0 atom stereocenters. The molecule has 3 aromatic heterocycles. The van der Waals surface area contributed by atoms with Gasteiger partial charge < -0.3 is 10.3 Å². The molecule has 0 spiro atoms. The van der Waals surface area contributed by atoms with Crippen molar-refractivity contribution in [2.24, 2.45) is 0 Å². The van der Waals surface area contributed by atoms with E-state index in [0.29, 0.717) is 0 Å². The molecule has 23 heavy (non-hydrogen) atoms. The molecule has 0 aliphatic heterocycles. The van der Waals surface area contributed by atoms with Gasteiger partial charge in [0, 0.05) is 39.8 Å². The summed E-state index contributed by atoms with van der Waals surface area (Å²) >= 11 is 0. The van der Waals surface area contributed by atoms with Gasteiger partial charge in [-0.15, -0.1) is 0 Å². The summed E-state index contributed by atoms with van der Waals surface area (Å²) < 4.78 is 0. The first-order valence-corrected chi connectivity index (χ1v) is 7.45. The number of pyridine rings is 1. The second kappa shape index (κ2) is 4.58. The largest absolute Gasteiger partial charge is 0.361 e. The molecule has 0 aliphatic rings. The number of para-hydroxylation sites is 1. The van der Waals surface area contributed by atoms with Crippen molar-refractivity contribution in [1.82, 2.24) is 20.2 Å². The van der Waals surface area contributed by atoms with Crippen LogP contribution < -0.4 is 5.32 Å². The highest BCUT2D eigenvalue weighted by Crippen LogP contribution is 2.30. The van der Waals surface area contributed by atoms with E-state index in [9.17, 15) is 0 Å². The maximum Gasteiger partial charge on any atom is 0.159 e. The highest BCUT2D eigenvalue weighted by molar-refractivity contribution is 6.08. The zero-order valence-electron chi connectivity index (χ0n) is 12.2. The Morgan fingerprint density at radius 1 is 0.957 bits per heavy atom. The summed E-state index contributed by atoms with van der Waals surface area (Å²) in [6.07, 6.45) is 3.86. The van der Waals surface area contributed by atoms with Crippen LogP contribution in [0.4, 0.5) is 11.5 Å². The lowest BCUT2D eigenvalue weighted by Gasteiger charge is -2.08. The van der Waals surface area contributed by atoms with Gasteiger partial charge in [-0.2, -0.15) is 5.10 Å². The van der Waals surface area contributed by atoms with Crippen molar-refractivity contribution in [1.29, 1.82) is 0 Å². The van der Waals surface area contributed by atoms with Gasteiger partial charge in [0.25, 0.3) is 0 Å². The highest BCUT2D eigenvalue weighted by atomic mass is 15.1. The van der Waals surface area contributed by atoms with Gasteiger partial charge >= 0.3 is 0 Å². The Balaban J connectivity index is 1.70. The minimum absolute atomic E-state index is 0.759. The fraction of sp³-hybridized carbons (Fsp3) is 0. The summed E-state index contributed by atoms with van der Waals surface area (Å²) in [5.74, 6) is 0.759. The van der Waals surface area contributed by atoms with Crippen LogP contribution in [0, 0.1) is 0 Å². The number of hydrogen-bond acceptors (Lipinski definition) is 3. The maximum atomic E-state index is 4.74. The minimum Gasteiger partial charge on any atom is -0.361 e. The van der Waals surface area contributed by atoms with E-state index in [1.807, 2.05) is 36.7 Å². The normalized spacial score (nSPS) is 11.5. The lowest BCUT2D eigenvalue weighted by Crippen LogP contribution is -1.95. The molecule has 0 amide bonds. The van der Waals surface area contributed by atoms with Crippen LogP contribution in [0.2, 0.25) is 0 Å². The number of benzene rings is 2. The molecule has 2 aromatic carbocycles. The topological polar surface area (TPSA) is 69.4 Å². The van der Waals surface area contributed by atoms with E-state index >= 15 is 0 Å². The van der Waals surface area contributed by atoms with Crippen molar-refractivity contribution < 1.29 is 0 Å². The van der Waals surface area contributed by atoms with Crippen LogP contribution in [0.15, 0.2) is 60.9 Å². The van der Waals surface area contributed by atoms with Crippen molar-refractivity contribution in [2.45, 2.75) is 0 Å². The Bertz CT molecular complexity index is 1150. The standard InChI is InChI=1S/C18H13N5/c1-2-4-16-13(3-1)14-10-20-23-17(14)18(22-16)21-12-5-6-15-11(9-12)7-8-19-15/h1-10,19H,(H,20,23)(H,21,22). The van der Waals surface area contributed by atoms with E-state index in [2.05, 4.69) is 44.8 Å². The van der Waals surface area contributed by atoms with Crippen molar-refractivity contribution >= 4 is 44.2 Å². The smallest absolute Gasteiger partial charge is 0.159 e. The molecule has 3 N–H and O–H groups in total. The maximum absolute atomic E-state index is 4.74. The number of nitrogens with zero attached hydrogens (tertiary/aromatic N) is 2. The zero-order chi connectivity index (χ0) is 15.2. The van der Waals surface area contributed by atoms with Gasteiger partial charge in [0.15, 0.2) is 5.82 Å². The predicted octanol–water partition coefficient (Wildman–Crippen LogP) is 4.34. The lowest BCUT2D eigenvalue weighted by molar-refractivity contribution is 1.12. The molecular formula is C18H13N5. The van der Waals surface area contributed by atoms with Crippen molar-refractivity contribution in [3.05, 3.63) is 60.9 Å². The van der Waals surface area contributed by atoms with Crippen LogP contribution in [-0.4, -0.2) is 20.2 Å². The fourth-order valence-electron chi connectivity index (χ4n) is 3.00. The van der Waals surface area contributed by atoms with Gasteiger partial charge in [-0.05, 0) is 30.3 Å². The molecule has 5 heteroatoms. The van der Waals surface area contributed by atoms with Gasteiger partial charge in [-0.25, -0.2) is 4.98 Å². The number of rotatable bonds is 2. The van der Waals surface area contributed by atoms with E-state index in [0.717, 1.165) is 44.2 Å². The van der Waals surface area contributed by atoms with Crippen molar-refractivity contribution in [2.75, 3.05) is 5.32 Å². The number of anilines is 2. The molecule has 0 radical (unpaired) electrons. The molecular weight excluding hydrogens is 286 g/mol. The number of H-pyrrole nitrogens is 2. The summed E-state index contributed by atoms with van der Waals surface area (Å²) in [5, 5.41) is 14.0. The summed E-state index contributed by atoms with van der Waals surface area (Å²) in [4.78, 5) is 7.94. The quantitative estimate of drug-likeness (QED) is 0.454. The Hall–Kier alpha value is -3.34. The Labute approximate surface area is 131 Å². The Morgan fingerprint density at radius 2 is 1.91 bits per heavy atom. The van der Waals surface area contributed by atoms with E-state index in [4.69, 9.17) is 4.98 Å². The molecule has 5 nitrogen and oxygen atoms in total. The Morgan fingerprint density at radius 3 is 2.91 bits per heavy atom. The second-order valence-corrected chi connectivity index (χ2v) is 5.53. The van der Waals surface area contributed by atoms with Crippen molar-refractivity contribution in [3.8, 4) is 0 Å². The molecule has 0 saturated heterocycles. The molecule has 5 rings (SSSR count). The minimum atomic E-state index is 0.759. The number of aromatic amines is 2. The van der Waals surface area contributed by atoms with Crippen LogP contribution in [0.5, 0.6) is 0 Å². The van der Waals surface area contributed by atoms with Crippen molar-refractivity contribution in [3.63, 3.8) is 0 Å². The van der Waals surface area contributed by atoms with Crippen LogP contribution in [0.1, 0.15) is 0 Å². The van der Waals surface area contributed by atoms with Gasteiger partial charge in [-0.1, -0.05) is 18.2 Å². The first-order chi connectivity index (χ1) is 11.4. The van der Waals surface area contributed by atoms with Gasteiger partial charge in [0.05, 0.1) is 5.52 Å². The number of aromatic nitrogens is 4. The highest BCUT2D eigenvalue weighted by Gasteiger charge is 2.10. The van der Waals surface area contributed by atoms with Gasteiger partial charge in [-0.3, -0.25) is 5.10 Å². The molecule has 0 fully saturated rings. The summed E-state index contributed by atoms with van der Waals surface area (Å²) in [6, 6.07) is 16.3.